The minimum absolute atomic E-state index is 0. The molecule has 4 N–H and O–H groups in total. The molecule has 1 radical (unpaired) electrons. The van der Waals surface area contributed by atoms with Crippen LogP contribution < -0.4 is 11.5 Å². The molecule has 1 aromatic rings. The third-order valence-electron chi connectivity index (χ3n) is 2.14. The number of rotatable bonds is 5. The number of nitrogens with two attached hydrogens (primary N) is 2. The number of allylic oxidation sites excluding steroid dienone is 4. The highest BCUT2D eigenvalue weighted by atomic mass is 14.5. The van der Waals surface area contributed by atoms with Gasteiger partial charge in [-0.2, -0.15) is 0 Å². The smallest absolute Gasteiger partial charge is 0.0314 e. The molecule has 0 heterocycles. The van der Waals surface area contributed by atoms with Crippen molar-refractivity contribution in [3.63, 3.8) is 0 Å². The van der Waals surface area contributed by atoms with Gasteiger partial charge in [-0.1, -0.05) is 29.9 Å². The number of benzene rings is 1. The van der Waals surface area contributed by atoms with E-state index in [2.05, 4.69) is 6.58 Å². The van der Waals surface area contributed by atoms with Crippen LogP contribution in [0.15, 0.2) is 60.8 Å². The van der Waals surface area contributed by atoms with Crippen molar-refractivity contribution in [1.82, 2.24) is 0 Å². The maximum atomic E-state index is 5.63. The molecule has 0 saturated heterocycles. The van der Waals surface area contributed by atoms with E-state index in [9.17, 15) is 0 Å². The van der Waals surface area contributed by atoms with Gasteiger partial charge in [0.2, 0.25) is 0 Å². The first-order valence-corrected chi connectivity index (χ1v) is 5.14. The molecular weight excluding hydrogens is 196 g/mol. The van der Waals surface area contributed by atoms with E-state index in [0.29, 0.717) is 0 Å². The van der Waals surface area contributed by atoms with Crippen LogP contribution in [0.2, 0.25) is 0 Å². The van der Waals surface area contributed by atoms with Gasteiger partial charge in [-0.15, -0.1) is 6.58 Å². The maximum Gasteiger partial charge on any atom is 0.0314 e. The van der Waals surface area contributed by atoms with E-state index < -0.39 is 0 Å². The third kappa shape index (κ3) is 4.05. The lowest BCUT2D eigenvalue weighted by Gasteiger charge is -2.04. The molecule has 0 aliphatic rings. The molecule has 1 aromatic carbocycles. The second kappa shape index (κ2) is 6.51. The van der Waals surface area contributed by atoms with E-state index >= 15 is 0 Å². The summed E-state index contributed by atoms with van der Waals surface area (Å²) < 4.78 is 0. The lowest BCUT2D eigenvalue weighted by Crippen LogP contribution is -1.92. The van der Waals surface area contributed by atoms with Crippen molar-refractivity contribution in [2.75, 3.05) is 5.73 Å². The summed E-state index contributed by atoms with van der Waals surface area (Å²) in [6.45, 7) is 3.69. The van der Waals surface area contributed by atoms with Crippen LogP contribution in [-0.4, -0.2) is 0 Å². The summed E-state index contributed by atoms with van der Waals surface area (Å²) in [5, 5.41) is 0. The monoisotopic (exact) mass is 217 g/mol. The molecule has 0 aliphatic heterocycles. The molecule has 0 fully saturated rings. The van der Waals surface area contributed by atoms with E-state index in [4.69, 9.17) is 11.5 Å². The Labute approximate surface area is 99.9 Å². The van der Waals surface area contributed by atoms with Crippen molar-refractivity contribution in [1.29, 1.82) is 0 Å². The molecule has 0 bridgehead atoms. The molecular formula is C14H21N2. The number of anilines is 1. The Bertz CT molecular complexity index is 395. The molecule has 0 aliphatic carbocycles. The van der Waals surface area contributed by atoms with E-state index in [0.717, 1.165) is 17.7 Å². The highest BCUT2D eigenvalue weighted by molar-refractivity contribution is 5.41. The fraction of sp³-hybridized carbons (Fsp3) is 0.0714. The average Bonchev–Trinajstić information content (AvgIpc) is 2.29. The molecule has 2 nitrogen and oxygen atoms in total. The molecule has 0 spiro atoms. The number of hydrogen-bond acceptors (Lipinski definition) is 2. The molecule has 0 amide bonds. The highest BCUT2D eigenvalue weighted by Gasteiger charge is 1.97. The summed E-state index contributed by atoms with van der Waals surface area (Å²) in [7, 11) is 0. The number of nitrogen functional groups attached to an aromatic ring is 1. The van der Waals surface area contributed by atoms with Gasteiger partial charge in [-0.25, -0.2) is 0 Å². The molecule has 0 atom stereocenters. The molecule has 16 heavy (non-hydrogen) atoms. The van der Waals surface area contributed by atoms with Crippen LogP contribution >= 0.6 is 0 Å². The molecule has 0 saturated carbocycles. The summed E-state index contributed by atoms with van der Waals surface area (Å²) >= 11 is 0. The fourth-order valence-corrected chi connectivity index (χ4v) is 1.38. The van der Waals surface area contributed by atoms with Gasteiger partial charge < -0.3 is 11.5 Å². The zero-order valence-corrected chi connectivity index (χ0v) is 9.27. The maximum absolute atomic E-state index is 5.63. The van der Waals surface area contributed by atoms with Crippen LogP contribution in [0.25, 0.3) is 0 Å². The second-order valence-electron chi connectivity index (χ2n) is 3.45. The van der Waals surface area contributed by atoms with Gasteiger partial charge in [0.25, 0.3) is 0 Å². The van der Waals surface area contributed by atoms with Crippen molar-refractivity contribution in [3.8, 4) is 0 Å². The SMILES string of the molecule is C=C[CH]/C(=C\C=C\N)Cc1ccc(N)cc1.[HH].[HH]. The van der Waals surface area contributed by atoms with Gasteiger partial charge in [0.15, 0.2) is 0 Å². The summed E-state index contributed by atoms with van der Waals surface area (Å²) in [5.74, 6) is 0. The Morgan fingerprint density at radius 1 is 1.31 bits per heavy atom. The summed E-state index contributed by atoms with van der Waals surface area (Å²) in [5.41, 5.74) is 14.1. The van der Waals surface area contributed by atoms with E-state index in [-0.39, 0.29) is 2.85 Å². The lowest BCUT2D eigenvalue weighted by atomic mass is 10.0. The first-order chi connectivity index (χ1) is 7.76. The molecule has 1 rings (SSSR count). The predicted molar refractivity (Wildman–Crippen MR) is 74.7 cm³/mol. The van der Waals surface area contributed by atoms with Gasteiger partial charge in [0.05, 0.1) is 0 Å². The third-order valence-corrected chi connectivity index (χ3v) is 2.14. The Morgan fingerprint density at radius 3 is 2.56 bits per heavy atom. The standard InChI is InChI=1S/C14H17N2.2H2/c1-2-4-12(5-3-10-15)11-13-6-8-14(16)9-7-13;;/h2-10H,1,11,15-16H2;2*1H/b10-3+,12-5+;;. The van der Waals surface area contributed by atoms with Gasteiger partial charge >= 0.3 is 0 Å². The predicted octanol–water partition coefficient (Wildman–Crippen LogP) is 3.09. The molecule has 0 aromatic heterocycles. The van der Waals surface area contributed by atoms with Crippen LogP contribution in [-0.2, 0) is 6.42 Å². The van der Waals surface area contributed by atoms with Crippen LogP contribution in [0.4, 0.5) is 5.69 Å². The van der Waals surface area contributed by atoms with E-state index in [1.165, 1.54) is 11.8 Å². The Kier molecular flexibility index (Phi) is 4.93. The lowest BCUT2D eigenvalue weighted by molar-refractivity contribution is 1.17. The van der Waals surface area contributed by atoms with E-state index in [1.54, 1.807) is 6.08 Å². The van der Waals surface area contributed by atoms with Gasteiger partial charge in [-0.3, -0.25) is 0 Å². The summed E-state index contributed by atoms with van der Waals surface area (Å²) in [6, 6.07) is 7.85. The zero-order valence-electron chi connectivity index (χ0n) is 9.27. The van der Waals surface area contributed by atoms with Crippen LogP contribution in [0.5, 0.6) is 0 Å². The van der Waals surface area contributed by atoms with Gasteiger partial charge in [0, 0.05) is 15.0 Å². The van der Waals surface area contributed by atoms with Crippen molar-refractivity contribution in [3.05, 3.63) is 72.8 Å². The molecule has 87 valence electrons. The molecule has 0 unspecified atom stereocenters. The minimum Gasteiger partial charge on any atom is -0.405 e. The van der Waals surface area contributed by atoms with Crippen molar-refractivity contribution < 1.29 is 2.85 Å². The minimum atomic E-state index is 0. The largest absolute Gasteiger partial charge is 0.405 e. The molecule has 2 heteroatoms. The van der Waals surface area contributed by atoms with Crippen molar-refractivity contribution in [2.45, 2.75) is 6.42 Å². The highest BCUT2D eigenvalue weighted by Crippen LogP contribution is 2.13. The van der Waals surface area contributed by atoms with Crippen LogP contribution in [0.1, 0.15) is 8.42 Å². The van der Waals surface area contributed by atoms with Gasteiger partial charge in [-0.05, 0) is 36.4 Å². The van der Waals surface area contributed by atoms with Crippen LogP contribution in [0.3, 0.4) is 0 Å². The number of hydrogen-bond donors (Lipinski definition) is 2. The fourth-order valence-electron chi connectivity index (χ4n) is 1.38. The normalized spacial score (nSPS) is 11.9. The summed E-state index contributed by atoms with van der Waals surface area (Å²) in [4.78, 5) is 0. The van der Waals surface area contributed by atoms with Gasteiger partial charge in [0.1, 0.15) is 0 Å². The Morgan fingerprint density at radius 2 is 2.00 bits per heavy atom. The first kappa shape index (κ1) is 12.1. The Balaban J connectivity index is 0. The average molecular weight is 217 g/mol. The Hall–Kier alpha value is -1.96. The van der Waals surface area contributed by atoms with Crippen LogP contribution in [0, 0.1) is 6.42 Å². The quantitative estimate of drug-likeness (QED) is 0.588. The van der Waals surface area contributed by atoms with Crippen molar-refractivity contribution in [2.24, 2.45) is 5.73 Å². The zero-order chi connectivity index (χ0) is 11.8. The topological polar surface area (TPSA) is 52.0 Å². The first-order valence-electron chi connectivity index (χ1n) is 5.14. The van der Waals surface area contributed by atoms with E-state index in [1.807, 2.05) is 42.8 Å². The second-order valence-corrected chi connectivity index (χ2v) is 3.45. The summed E-state index contributed by atoms with van der Waals surface area (Å²) in [6.07, 6.45) is 9.88. The van der Waals surface area contributed by atoms with Crippen molar-refractivity contribution >= 4 is 5.69 Å².